The average Bonchev–Trinajstić information content (AvgIpc) is 2.86. The first-order valence-electron chi connectivity index (χ1n) is 7.60. The summed E-state index contributed by atoms with van der Waals surface area (Å²) in [5.41, 5.74) is 0.864. The van der Waals surface area contributed by atoms with Crippen molar-refractivity contribution in [2.75, 3.05) is 13.1 Å². The Morgan fingerprint density at radius 1 is 1.28 bits per heavy atom. The third-order valence-corrected chi connectivity index (χ3v) is 6.76. The van der Waals surface area contributed by atoms with Crippen LogP contribution in [-0.4, -0.2) is 13.1 Å². The second kappa shape index (κ2) is 4.35. The van der Waals surface area contributed by atoms with E-state index < -0.39 is 0 Å². The van der Waals surface area contributed by atoms with Crippen molar-refractivity contribution in [3.05, 3.63) is 22.4 Å². The van der Waals surface area contributed by atoms with Gasteiger partial charge in [-0.1, -0.05) is 6.07 Å². The van der Waals surface area contributed by atoms with E-state index in [2.05, 4.69) is 22.8 Å². The molecule has 0 amide bonds. The third-order valence-electron chi connectivity index (χ3n) is 5.82. The lowest BCUT2D eigenvalue weighted by Gasteiger charge is -2.76. The van der Waals surface area contributed by atoms with E-state index in [-0.39, 0.29) is 0 Å². The van der Waals surface area contributed by atoms with E-state index in [4.69, 9.17) is 0 Å². The molecular weight excluding hydrogens is 238 g/mol. The zero-order valence-electron chi connectivity index (χ0n) is 11.0. The van der Waals surface area contributed by atoms with Gasteiger partial charge in [0.2, 0.25) is 0 Å². The Balaban J connectivity index is 1.10. The number of hydrogen-bond acceptors (Lipinski definition) is 2. The van der Waals surface area contributed by atoms with Crippen molar-refractivity contribution in [3.63, 3.8) is 0 Å². The lowest BCUT2D eigenvalue weighted by molar-refractivity contribution is -0.273. The van der Waals surface area contributed by atoms with Gasteiger partial charge in [0.1, 0.15) is 0 Å². The molecular formula is C16H23NS. The van der Waals surface area contributed by atoms with Crippen molar-refractivity contribution in [2.45, 2.75) is 38.5 Å². The Hall–Kier alpha value is -0.340. The second-order valence-electron chi connectivity index (χ2n) is 6.74. The highest BCUT2D eigenvalue weighted by Crippen LogP contribution is 2.78. The third kappa shape index (κ3) is 1.69. The quantitative estimate of drug-likeness (QED) is 0.738. The fraction of sp³-hybridized carbons (Fsp3) is 0.750. The summed E-state index contributed by atoms with van der Waals surface area (Å²) in [4.78, 5) is 1.51. The van der Waals surface area contributed by atoms with Crippen molar-refractivity contribution >= 4 is 11.3 Å². The average molecular weight is 261 g/mol. The van der Waals surface area contributed by atoms with E-state index in [0.717, 1.165) is 12.0 Å². The molecule has 0 spiro atoms. The van der Waals surface area contributed by atoms with Gasteiger partial charge in [-0.2, -0.15) is 0 Å². The smallest absolute Gasteiger partial charge is 0.00578 e. The lowest BCUT2D eigenvalue weighted by atomic mass is 9.28. The summed E-state index contributed by atoms with van der Waals surface area (Å²) in [6, 6.07) is 4.39. The molecule has 0 aliphatic heterocycles. The Morgan fingerprint density at radius 2 is 2.17 bits per heavy atom. The fourth-order valence-electron chi connectivity index (χ4n) is 5.10. The van der Waals surface area contributed by atoms with Gasteiger partial charge in [0.05, 0.1) is 0 Å². The molecule has 2 atom stereocenters. The summed E-state index contributed by atoms with van der Waals surface area (Å²) in [5.74, 6) is 3.55. The molecule has 4 rings (SSSR count). The molecule has 1 heterocycles. The highest BCUT2D eigenvalue weighted by atomic mass is 32.1. The second-order valence-corrected chi connectivity index (χ2v) is 7.77. The number of hydrogen-bond donors (Lipinski definition) is 1. The van der Waals surface area contributed by atoms with Crippen molar-refractivity contribution in [2.24, 2.45) is 23.2 Å². The minimum atomic E-state index is 0.864. The van der Waals surface area contributed by atoms with Gasteiger partial charge < -0.3 is 5.32 Å². The van der Waals surface area contributed by atoms with Crippen LogP contribution in [0.5, 0.6) is 0 Å². The summed E-state index contributed by atoms with van der Waals surface area (Å²) in [5, 5.41) is 5.79. The first-order chi connectivity index (χ1) is 8.87. The van der Waals surface area contributed by atoms with Crippen LogP contribution < -0.4 is 5.32 Å². The Morgan fingerprint density at radius 3 is 2.83 bits per heavy atom. The first-order valence-corrected chi connectivity index (χ1v) is 8.48. The SMILES string of the molecule is c1csc(CCNCCCC23CC4CC(C2)C43)c1. The van der Waals surface area contributed by atoms with Crippen LogP contribution in [0.25, 0.3) is 0 Å². The van der Waals surface area contributed by atoms with Gasteiger partial charge in [-0.3, -0.25) is 0 Å². The van der Waals surface area contributed by atoms with Crippen LogP contribution in [0.4, 0.5) is 0 Å². The highest BCUT2D eigenvalue weighted by Gasteiger charge is 2.70. The molecule has 1 N–H and O–H groups in total. The van der Waals surface area contributed by atoms with Crippen LogP contribution in [0.3, 0.4) is 0 Å². The molecule has 1 nitrogen and oxygen atoms in total. The Kier molecular flexibility index (Phi) is 2.77. The first kappa shape index (κ1) is 11.5. The molecule has 18 heavy (non-hydrogen) atoms. The van der Waals surface area contributed by atoms with Crippen molar-refractivity contribution < 1.29 is 0 Å². The van der Waals surface area contributed by atoms with E-state index in [1.165, 1.54) is 48.4 Å². The zero-order chi connectivity index (χ0) is 12.0. The van der Waals surface area contributed by atoms with E-state index in [0.29, 0.717) is 0 Å². The van der Waals surface area contributed by atoms with Gasteiger partial charge in [0.15, 0.2) is 0 Å². The maximum absolute atomic E-state index is 3.61. The lowest BCUT2D eigenvalue weighted by Crippen LogP contribution is -2.69. The molecule has 3 aliphatic rings. The van der Waals surface area contributed by atoms with E-state index in [1.807, 2.05) is 11.3 Å². The molecule has 1 aromatic heterocycles. The van der Waals surface area contributed by atoms with Crippen LogP contribution in [0.2, 0.25) is 0 Å². The molecule has 0 bridgehead atoms. The largest absolute Gasteiger partial charge is 0.316 e. The number of thiophene rings is 1. The van der Waals surface area contributed by atoms with Crippen LogP contribution in [-0.2, 0) is 6.42 Å². The van der Waals surface area contributed by atoms with Gasteiger partial charge >= 0.3 is 0 Å². The topological polar surface area (TPSA) is 12.0 Å². The predicted molar refractivity (Wildman–Crippen MR) is 76.9 cm³/mol. The standard InChI is InChI=1S/C16H23NS/c1-3-14(18-8-1)4-7-17-6-2-5-16-10-12-9-13(11-16)15(12)16/h1,3,8,12-13,15,17H,2,4-7,9-11H2. The van der Waals surface area contributed by atoms with Crippen molar-refractivity contribution in [3.8, 4) is 0 Å². The van der Waals surface area contributed by atoms with E-state index >= 15 is 0 Å². The molecule has 3 saturated carbocycles. The van der Waals surface area contributed by atoms with E-state index in [1.54, 1.807) is 19.3 Å². The molecule has 0 aromatic carbocycles. The summed E-state index contributed by atoms with van der Waals surface area (Å²) in [6.45, 7) is 2.39. The van der Waals surface area contributed by atoms with Crippen LogP contribution in [0.15, 0.2) is 17.5 Å². The fourth-order valence-corrected chi connectivity index (χ4v) is 5.81. The van der Waals surface area contributed by atoms with Crippen molar-refractivity contribution in [1.82, 2.24) is 5.32 Å². The summed E-state index contributed by atoms with van der Waals surface area (Å²) in [7, 11) is 0. The minimum Gasteiger partial charge on any atom is -0.316 e. The summed E-state index contributed by atoms with van der Waals surface area (Å²) < 4.78 is 0. The Bertz CT molecular complexity index is 399. The summed E-state index contributed by atoms with van der Waals surface area (Å²) in [6.07, 6.45) is 8.88. The van der Waals surface area contributed by atoms with Gasteiger partial charge in [-0.15, -0.1) is 11.3 Å². The van der Waals surface area contributed by atoms with Gasteiger partial charge in [0, 0.05) is 4.88 Å². The van der Waals surface area contributed by atoms with Gasteiger partial charge in [-0.25, -0.2) is 0 Å². The maximum Gasteiger partial charge on any atom is 0.00578 e. The normalized spacial score (nSPS) is 39.4. The summed E-state index contributed by atoms with van der Waals surface area (Å²) >= 11 is 1.88. The zero-order valence-corrected chi connectivity index (χ0v) is 11.8. The molecule has 3 aliphatic carbocycles. The molecule has 0 radical (unpaired) electrons. The monoisotopic (exact) mass is 261 g/mol. The molecule has 0 saturated heterocycles. The minimum absolute atomic E-state index is 0.864. The van der Waals surface area contributed by atoms with Gasteiger partial charge in [0.25, 0.3) is 0 Å². The molecule has 1 aromatic rings. The number of nitrogens with one attached hydrogen (secondary N) is 1. The van der Waals surface area contributed by atoms with E-state index in [9.17, 15) is 0 Å². The van der Waals surface area contributed by atoms with Crippen LogP contribution in [0.1, 0.15) is 37.0 Å². The number of rotatable bonds is 7. The molecule has 2 heteroatoms. The highest BCUT2D eigenvalue weighted by molar-refractivity contribution is 7.09. The molecule has 3 fully saturated rings. The van der Waals surface area contributed by atoms with Gasteiger partial charge in [-0.05, 0) is 86.2 Å². The predicted octanol–water partition coefficient (Wildman–Crippen LogP) is 3.71. The van der Waals surface area contributed by atoms with Crippen LogP contribution in [0, 0.1) is 23.2 Å². The van der Waals surface area contributed by atoms with Crippen LogP contribution >= 0.6 is 11.3 Å². The molecule has 98 valence electrons. The maximum atomic E-state index is 3.61. The Labute approximate surface area is 114 Å². The molecule has 2 unspecified atom stereocenters. The van der Waals surface area contributed by atoms with Crippen molar-refractivity contribution in [1.29, 1.82) is 0 Å².